The number of hydrogen-bond donors (Lipinski definition) is 2. The lowest BCUT2D eigenvalue weighted by Crippen LogP contribution is -2.55. The Bertz CT molecular complexity index is 831. The number of H-pyrrole nitrogens is 1. The van der Waals surface area contributed by atoms with Gasteiger partial charge in [-0.2, -0.15) is 0 Å². The van der Waals surface area contributed by atoms with E-state index in [1.54, 1.807) is 4.90 Å². The van der Waals surface area contributed by atoms with Crippen molar-refractivity contribution in [3.05, 3.63) is 30.1 Å². The molecule has 2 aliphatic rings. The van der Waals surface area contributed by atoms with E-state index in [4.69, 9.17) is 0 Å². The fourth-order valence-corrected chi connectivity index (χ4v) is 4.69. The van der Waals surface area contributed by atoms with Gasteiger partial charge in [0.1, 0.15) is 5.82 Å². The Morgan fingerprint density at radius 1 is 1.25 bits per heavy atom. The molecule has 1 aromatic heterocycles. The summed E-state index contributed by atoms with van der Waals surface area (Å²) in [7, 11) is 0. The lowest BCUT2D eigenvalue weighted by atomic mass is 9.73. The largest absolute Gasteiger partial charge is 0.395 e. The van der Waals surface area contributed by atoms with Crippen molar-refractivity contribution in [2.24, 2.45) is 5.41 Å². The van der Waals surface area contributed by atoms with Crippen LogP contribution in [0.25, 0.3) is 11.0 Å². The SMILES string of the molecule is O=C1CCC2(CCCN(C(=O)CCc3nc4ccccc4[nH]3)C2)CN1CCO. The molecular formula is C21H28N4O3. The van der Waals surface area contributed by atoms with Gasteiger partial charge >= 0.3 is 0 Å². The first kappa shape index (κ1) is 18.9. The van der Waals surface area contributed by atoms with Crippen molar-refractivity contribution in [3.63, 3.8) is 0 Å². The summed E-state index contributed by atoms with van der Waals surface area (Å²) in [6.45, 7) is 2.53. The number of aliphatic hydroxyl groups excluding tert-OH is 1. The molecule has 0 saturated carbocycles. The van der Waals surface area contributed by atoms with E-state index in [-0.39, 0.29) is 23.8 Å². The van der Waals surface area contributed by atoms with Crippen molar-refractivity contribution in [2.45, 2.75) is 38.5 Å². The third-order valence-corrected chi connectivity index (χ3v) is 6.15. The zero-order chi connectivity index (χ0) is 19.6. The summed E-state index contributed by atoms with van der Waals surface area (Å²) >= 11 is 0. The van der Waals surface area contributed by atoms with E-state index in [1.165, 1.54) is 0 Å². The molecule has 4 rings (SSSR count). The number of hydrogen-bond acceptors (Lipinski definition) is 4. The second-order valence-electron chi connectivity index (χ2n) is 8.16. The predicted molar refractivity (Wildman–Crippen MR) is 106 cm³/mol. The minimum atomic E-state index is -0.0175. The van der Waals surface area contributed by atoms with Crippen molar-refractivity contribution in [3.8, 4) is 0 Å². The molecule has 28 heavy (non-hydrogen) atoms. The number of aromatic nitrogens is 2. The smallest absolute Gasteiger partial charge is 0.223 e. The van der Waals surface area contributed by atoms with Crippen LogP contribution in [0.1, 0.15) is 37.9 Å². The van der Waals surface area contributed by atoms with E-state index in [9.17, 15) is 14.7 Å². The highest BCUT2D eigenvalue weighted by atomic mass is 16.3. The molecule has 2 fully saturated rings. The van der Waals surface area contributed by atoms with E-state index in [1.807, 2.05) is 29.2 Å². The van der Waals surface area contributed by atoms with Crippen molar-refractivity contribution in [2.75, 3.05) is 32.8 Å². The van der Waals surface area contributed by atoms with Gasteiger partial charge < -0.3 is 19.9 Å². The Hall–Kier alpha value is -2.41. The van der Waals surface area contributed by atoms with Crippen LogP contribution in [0, 0.1) is 5.41 Å². The third kappa shape index (κ3) is 3.90. The third-order valence-electron chi connectivity index (χ3n) is 6.15. The molecule has 7 heteroatoms. The minimum absolute atomic E-state index is 0.0119. The number of piperidine rings is 2. The average molecular weight is 384 g/mol. The molecule has 0 radical (unpaired) electrons. The summed E-state index contributed by atoms with van der Waals surface area (Å²) in [6, 6.07) is 7.89. The topological polar surface area (TPSA) is 89.5 Å². The van der Waals surface area contributed by atoms with Crippen molar-refractivity contribution in [1.29, 1.82) is 0 Å². The van der Waals surface area contributed by atoms with E-state index >= 15 is 0 Å². The number of carbonyl (C=O) groups excluding carboxylic acids is 2. The summed E-state index contributed by atoms with van der Waals surface area (Å²) in [5.74, 6) is 1.12. The molecular weight excluding hydrogens is 356 g/mol. The normalized spacial score (nSPS) is 23.0. The first-order valence-electron chi connectivity index (χ1n) is 10.2. The first-order chi connectivity index (χ1) is 13.6. The summed E-state index contributed by atoms with van der Waals surface area (Å²) in [5.41, 5.74) is 1.91. The lowest BCUT2D eigenvalue weighted by molar-refractivity contribution is -0.143. The number of para-hydroxylation sites is 2. The fraction of sp³-hybridized carbons (Fsp3) is 0.571. The Morgan fingerprint density at radius 3 is 2.93 bits per heavy atom. The molecule has 2 N–H and O–H groups in total. The first-order valence-corrected chi connectivity index (χ1v) is 10.2. The zero-order valence-corrected chi connectivity index (χ0v) is 16.2. The molecule has 7 nitrogen and oxygen atoms in total. The van der Waals surface area contributed by atoms with E-state index in [2.05, 4.69) is 9.97 Å². The van der Waals surface area contributed by atoms with Crippen LogP contribution >= 0.6 is 0 Å². The van der Waals surface area contributed by atoms with Crippen LogP contribution in [0.2, 0.25) is 0 Å². The Labute approximate surface area is 164 Å². The maximum Gasteiger partial charge on any atom is 0.223 e. The molecule has 2 saturated heterocycles. The number of imidazole rings is 1. The number of aliphatic hydroxyl groups is 1. The maximum atomic E-state index is 12.8. The second-order valence-corrected chi connectivity index (χ2v) is 8.16. The van der Waals surface area contributed by atoms with Gasteiger partial charge in [0.15, 0.2) is 0 Å². The molecule has 2 amide bonds. The quantitative estimate of drug-likeness (QED) is 0.821. The Kier molecular flexibility index (Phi) is 5.35. The number of β-amino-alcohol motifs (C(OH)–C–C–N with tert-alkyl or cyclic N) is 1. The number of carbonyl (C=O) groups is 2. The lowest BCUT2D eigenvalue weighted by Gasteiger charge is -2.48. The molecule has 2 aromatic rings. The summed E-state index contributed by atoms with van der Waals surface area (Å²) < 4.78 is 0. The number of nitrogens with one attached hydrogen (secondary N) is 1. The van der Waals surface area contributed by atoms with Gasteiger partial charge in [0.25, 0.3) is 0 Å². The molecule has 1 atom stereocenters. The zero-order valence-electron chi connectivity index (χ0n) is 16.2. The van der Waals surface area contributed by atoms with Crippen LogP contribution < -0.4 is 0 Å². The number of rotatable bonds is 5. The highest BCUT2D eigenvalue weighted by Crippen LogP contribution is 2.39. The Morgan fingerprint density at radius 2 is 2.11 bits per heavy atom. The van der Waals surface area contributed by atoms with Gasteiger partial charge in [-0.1, -0.05) is 12.1 Å². The van der Waals surface area contributed by atoms with Crippen LogP contribution in [-0.4, -0.2) is 69.5 Å². The predicted octanol–water partition coefficient (Wildman–Crippen LogP) is 1.72. The van der Waals surface area contributed by atoms with Gasteiger partial charge in [0, 0.05) is 50.9 Å². The minimum Gasteiger partial charge on any atom is -0.395 e. The second kappa shape index (κ2) is 7.91. The van der Waals surface area contributed by atoms with Gasteiger partial charge in [0.05, 0.1) is 17.6 Å². The molecule has 1 aromatic carbocycles. The molecule has 1 spiro atoms. The highest BCUT2D eigenvalue weighted by molar-refractivity contribution is 5.78. The molecule has 0 aliphatic carbocycles. The number of amides is 2. The van der Waals surface area contributed by atoms with Crippen molar-refractivity contribution < 1.29 is 14.7 Å². The van der Waals surface area contributed by atoms with Gasteiger partial charge in [-0.05, 0) is 31.4 Å². The maximum absolute atomic E-state index is 12.8. The van der Waals surface area contributed by atoms with Gasteiger partial charge in [-0.3, -0.25) is 9.59 Å². The van der Waals surface area contributed by atoms with Gasteiger partial charge in [0.2, 0.25) is 11.8 Å². The summed E-state index contributed by atoms with van der Waals surface area (Å²) in [5, 5.41) is 9.23. The van der Waals surface area contributed by atoms with Crippen LogP contribution in [0.4, 0.5) is 0 Å². The van der Waals surface area contributed by atoms with Gasteiger partial charge in [-0.15, -0.1) is 0 Å². The summed E-state index contributed by atoms with van der Waals surface area (Å²) in [4.78, 5) is 36.5. The number of likely N-dealkylation sites (tertiary alicyclic amines) is 2. The summed E-state index contributed by atoms with van der Waals surface area (Å²) in [6.07, 6.45) is 4.40. The van der Waals surface area contributed by atoms with Crippen LogP contribution in [-0.2, 0) is 16.0 Å². The van der Waals surface area contributed by atoms with E-state index in [0.29, 0.717) is 38.9 Å². The van der Waals surface area contributed by atoms with E-state index < -0.39 is 0 Å². The van der Waals surface area contributed by atoms with Crippen molar-refractivity contribution in [1.82, 2.24) is 19.8 Å². The standard InChI is InChI=1S/C21H28N4O3/c26-13-12-25-15-21(10-8-20(25)28)9-3-11-24(14-21)19(27)7-6-18-22-16-4-1-2-5-17(16)23-18/h1-2,4-5,26H,3,6-15H2,(H,22,23). The van der Waals surface area contributed by atoms with Gasteiger partial charge in [-0.25, -0.2) is 4.98 Å². The number of aromatic amines is 1. The van der Waals surface area contributed by atoms with Crippen LogP contribution in [0.15, 0.2) is 24.3 Å². The number of aryl methyl sites for hydroxylation is 1. The molecule has 0 bridgehead atoms. The molecule has 2 aliphatic heterocycles. The average Bonchev–Trinajstić information content (AvgIpc) is 3.12. The Balaban J connectivity index is 1.37. The highest BCUT2D eigenvalue weighted by Gasteiger charge is 2.42. The number of benzene rings is 1. The molecule has 1 unspecified atom stereocenters. The molecule has 3 heterocycles. The fourth-order valence-electron chi connectivity index (χ4n) is 4.69. The monoisotopic (exact) mass is 384 g/mol. The van der Waals surface area contributed by atoms with Crippen LogP contribution in [0.5, 0.6) is 0 Å². The van der Waals surface area contributed by atoms with Crippen LogP contribution in [0.3, 0.4) is 0 Å². The van der Waals surface area contributed by atoms with Crippen molar-refractivity contribution >= 4 is 22.8 Å². The van der Waals surface area contributed by atoms with E-state index in [0.717, 1.165) is 42.7 Å². The number of fused-ring (bicyclic) bond motifs is 1. The number of nitrogens with zero attached hydrogens (tertiary/aromatic N) is 3. The molecule has 150 valence electrons.